The second-order valence-electron chi connectivity index (χ2n) is 6.40. The minimum absolute atomic E-state index is 0.200. The van der Waals surface area contributed by atoms with Crippen LogP contribution in [0.25, 0.3) is 10.9 Å². The zero-order valence-electron chi connectivity index (χ0n) is 13.8. The average Bonchev–Trinajstić information content (AvgIpc) is 2.90. The summed E-state index contributed by atoms with van der Waals surface area (Å²) in [4.78, 5) is 14.1. The van der Waals surface area contributed by atoms with Crippen molar-refractivity contribution in [2.24, 2.45) is 0 Å². The number of carbonyl (C=O) groups is 1. The average molecular weight is 386 g/mol. The van der Waals surface area contributed by atoms with Crippen molar-refractivity contribution in [3.05, 3.63) is 69.3 Å². The molecule has 0 saturated carbocycles. The van der Waals surface area contributed by atoms with Crippen molar-refractivity contribution in [1.82, 2.24) is 4.98 Å². The molecule has 3 nitrogen and oxygen atoms in total. The van der Waals surface area contributed by atoms with Gasteiger partial charge in [-0.05, 0) is 63.5 Å². The van der Waals surface area contributed by atoms with E-state index in [4.69, 9.17) is 0 Å². The lowest BCUT2D eigenvalue weighted by molar-refractivity contribution is 0.0690. The molecule has 0 bridgehead atoms. The molecule has 3 aromatic rings. The maximum atomic E-state index is 11.2. The quantitative estimate of drug-likeness (QED) is 0.605. The molecule has 0 fully saturated rings. The number of halogens is 1. The number of rotatable bonds is 5. The van der Waals surface area contributed by atoms with Crippen molar-refractivity contribution in [3.8, 4) is 0 Å². The SMILES string of the molecule is CC(C)c1ccc(CCc2ccc3[nH]c(C(=O)O)c(Br)c3c2)cc1. The van der Waals surface area contributed by atoms with Gasteiger partial charge < -0.3 is 10.1 Å². The maximum Gasteiger partial charge on any atom is 0.353 e. The minimum atomic E-state index is -0.954. The second kappa shape index (κ2) is 6.81. The topological polar surface area (TPSA) is 53.1 Å². The summed E-state index contributed by atoms with van der Waals surface area (Å²) in [6.45, 7) is 4.40. The fraction of sp³-hybridized carbons (Fsp3) is 0.250. The molecule has 1 heterocycles. The monoisotopic (exact) mass is 385 g/mol. The number of aromatic nitrogens is 1. The molecule has 0 radical (unpaired) electrons. The van der Waals surface area contributed by atoms with E-state index in [0.717, 1.165) is 23.7 Å². The number of nitrogens with one attached hydrogen (secondary N) is 1. The third kappa shape index (κ3) is 3.39. The van der Waals surface area contributed by atoms with Crippen LogP contribution in [0, 0.1) is 0 Å². The molecule has 0 saturated heterocycles. The van der Waals surface area contributed by atoms with Gasteiger partial charge in [-0.1, -0.05) is 44.2 Å². The second-order valence-corrected chi connectivity index (χ2v) is 7.19. The minimum Gasteiger partial charge on any atom is -0.477 e. The van der Waals surface area contributed by atoms with Crippen molar-refractivity contribution >= 4 is 32.8 Å². The van der Waals surface area contributed by atoms with Gasteiger partial charge in [0.25, 0.3) is 0 Å². The molecule has 2 aromatic carbocycles. The summed E-state index contributed by atoms with van der Waals surface area (Å²) in [5.74, 6) is -0.402. The Morgan fingerprint density at radius 3 is 2.33 bits per heavy atom. The molecular formula is C20H20BrNO2. The van der Waals surface area contributed by atoms with Crippen LogP contribution in [0.3, 0.4) is 0 Å². The number of carboxylic acid groups (broad SMARTS) is 1. The molecule has 0 atom stereocenters. The number of benzene rings is 2. The highest BCUT2D eigenvalue weighted by Crippen LogP contribution is 2.29. The summed E-state index contributed by atoms with van der Waals surface area (Å²) in [6.07, 6.45) is 1.90. The van der Waals surface area contributed by atoms with Crippen LogP contribution in [0.15, 0.2) is 46.9 Å². The first-order valence-corrected chi connectivity index (χ1v) is 8.87. The molecule has 0 aliphatic carbocycles. The fourth-order valence-corrected chi connectivity index (χ4v) is 3.46. The molecule has 24 heavy (non-hydrogen) atoms. The highest BCUT2D eigenvalue weighted by molar-refractivity contribution is 9.10. The van der Waals surface area contributed by atoms with Gasteiger partial charge >= 0.3 is 5.97 Å². The van der Waals surface area contributed by atoms with E-state index in [0.29, 0.717) is 10.4 Å². The van der Waals surface area contributed by atoms with E-state index in [1.54, 1.807) is 0 Å². The lowest BCUT2D eigenvalue weighted by Crippen LogP contribution is -1.96. The summed E-state index contributed by atoms with van der Waals surface area (Å²) >= 11 is 3.39. The lowest BCUT2D eigenvalue weighted by Gasteiger charge is -2.07. The third-order valence-electron chi connectivity index (χ3n) is 4.36. The standard InChI is InChI=1S/C20H20BrNO2/c1-12(2)15-8-5-13(6-9-15)3-4-14-7-10-17-16(11-14)18(21)19(22-17)20(23)24/h5-12,22H,3-4H2,1-2H3,(H,23,24). The van der Waals surface area contributed by atoms with Crippen LogP contribution in [0.4, 0.5) is 0 Å². The summed E-state index contributed by atoms with van der Waals surface area (Å²) in [7, 11) is 0. The Morgan fingerprint density at radius 2 is 1.71 bits per heavy atom. The normalized spacial score (nSPS) is 11.3. The number of aromatic amines is 1. The number of carboxylic acids is 1. The molecule has 0 aliphatic heterocycles. The van der Waals surface area contributed by atoms with Crippen LogP contribution in [0.2, 0.25) is 0 Å². The summed E-state index contributed by atoms with van der Waals surface area (Å²) in [6, 6.07) is 14.9. The van der Waals surface area contributed by atoms with Gasteiger partial charge in [0.05, 0.1) is 4.47 Å². The molecule has 1 aromatic heterocycles. The summed E-state index contributed by atoms with van der Waals surface area (Å²) < 4.78 is 0.619. The third-order valence-corrected chi connectivity index (χ3v) is 5.19. The largest absolute Gasteiger partial charge is 0.477 e. The Morgan fingerprint density at radius 1 is 1.08 bits per heavy atom. The number of aryl methyl sites for hydroxylation is 2. The first-order valence-electron chi connectivity index (χ1n) is 8.08. The van der Waals surface area contributed by atoms with Crippen LogP contribution in [0.1, 0.15) is 46.9 Å². The van der Waals surface area contributed by atoms with Crippen molar-refractivity contribution in [2.75, 3.05) is 0 Å². The smallest absolute Gasteiger partial charge is 0.353 e. The number of aromatic carboxylic acids is 1. The molecule has 124 valence electrons. The van der Waals surface area contributed by atoms with Crippen LogP contribution < -0.4 is 0 Å². The molecule has 4 heteroatoms. The number of hydrogen-bond donors (Lipinski definition) is 2. The van der Waals surface area contributed by atoms with Gasteiger partial charge in [0, 0.05) is 10.9 Å². The van der Waals surface area contributed by atoms with Gasteiger partial charge in [-0.2, -0.15) is 0 Å². The van der Waals surface area contributed by atoms with E-state index < -0.39 is 5.97 Å². The van der Waals surface area contributed by atoms with Crippen LogP contribution in [-0.2, 0) is 12.8 Å². The molecule has 0 aliphatic rings. The van der Waals surface area contributed by atoms with Gasteiger partial charge in [0.15, 0.2) is 0 Å². The van der Waals surface area contributed by atoms with Gasteiger partial charge in [0.2, 0.25) is 0 Å². The van der Waals surface area contributed by atoms with Crippen LogP contribution in [0.5, 0.6) is 0 Å². The number of hydrogen-bond acceptors (Lipinski definition) is 1. The molecule has 3 rings (SSSR count). The van der Waals surface area contributed by atoms with Crippen LogP contribution in [-0.4, -0.2) is 16.1 Å². The van der Waals surface area contributed by atoms with Crippen molar-refractivity contribution in [3.63, 3.8) is 0 Å². The molecule has 0 spiro atoms. The Labute approximate surface area is 149 Å². The number of H-pyrrole nitrogens is 1. The fourth-order valence-electron chi connectivity index (χ4n) is 2.87. The van der Waals surface area contributed by atoms with Crippen molar-refractivity contribution in [1.29, 1.82) is 0 Å². The van der Waals surface area contributed by atoms with E-state index in [1.807, 2.05) is 6.07 Å². The van der Waals surface area contributed by atoms with Crippen molar-refractivity contribution in [2.45, 2.75) is 32.6 Å². The zero-order valence-corrected chi connectivity index (χ0v) is 15.4. The number of fused-ring (bicyclic) bond motifs is 1. The Hall–Kier alpha value is -2.07. The van der Waals surface area contributed by atoms with Crippen LogP contribution >= 0.6 is 15.9 Å². The van der Waals surface area contributed by atoms with Crippen molar-refractivity contribution < 1.29 is 9.90 Å². The predicted octanol–water partition coefficient (Wildman–Crippen LogP) is 5.54. The molecule has 0 amide bonds. The molecule has 0 unspecified atom stereocenters. The van der Waals surface area contributed by atoms with Gasteiger partial charge in [-0.15, -0.1) is 0 Å². The van der Waals surface area contributed by atoms with Gasteiger partial charge in [0.1, 0.15) is 5.69 Å². The van der Waals surface area contributed by atoms with E-state index >= 15 is 0 Å². The first kappa shape index (κ1) is 16.8. The van der Waals surface area contributed by atoms with E-state index in [2.05, 4.69) is 71.2 Å². The Kier molecular flexibility index (Phi) is 4.76. The Bertz CT molecular complexity index is 879. The highest BCUT2D eigenvalue weighted by atomic mass is 79.9. The maximum absolute atomic E-state index is 11.2. The first-order chi connectivity index (χ1) is 11.5. The summed E-state index contributed by atoms with van der Waals surface area (Å²) in [5.41, 5.74) is 4.92. The lowest BCUT2D eigenvalue weighted by atomic mass is 9.98. The predicted molar refractivity (Wildman–Crippen MR) is 101 cm³/mol. The van der Waals surface area contributed by atoms with Gasteiger partial charge in [-0.3, -0.25) is 0 Å². The summed E-state index contributed by atoms with van der Waals surface area (Å²) in [5, 5.41) is 10.1. The highest BCUT2D eigenvalue weighted by Gasteiger charge is 2.15. The van der Waals surface area contributed by atoms with E-state index in [9.17, 15) is 9.90 Å². The van der Waals surface area contributed by atoms with E-state index in [1.165, 1.54) is 16.7 Å². The zero-order chi connectivity index (χ0) is 17.3. The Balaban J connectivity index is 1.78. The molecular weight excluding hydrogens is 366 g/mol. The van der Waals surface area contributed by atoms with Gasteiger partial charge in [-0.25, -0.2) is 4.79 Å². The van der Waals surface area contributed by atoms with E-state index in [-0.39, 0.29) is 5.69 Å². The molecule has 2 N–H and O–H groups in total.